The molecule has 7 nitrogen and oxygen atoms in total. The number of benzene rings is 1. The van der Waals surface area contributed by atoms with Crippen LogP contribution in [0, 0.1) is 10.1 Å². The van der Waals surface area contributed by atoms with E-state index in [1.165, 1.54) is 20.3 Å². The first-order valence-electron chi connectivity index (χ1n) is 6.26. The fraction of sp³-hybridized carbons (Fsp3) is 0.538. The van der Waals surface area contributed by atoms with Gasteiger partial charge in [0.2, 0.25) is 0 Å². The SMILES string of the molecule is COc1cc(C2CC(O)CCO2)c([N+](=O)[O-])cc1OC. The molecule has 0 amide bonds. The Bertz CT molecular complexity index is 504. The summed E-state index contributed by atoms with van der Waals surface area (Å²) in [5, 5.41) is 20.9. The Morgan fingerprint density at radius 1 is 1.35 bits per heavy atom. The largest absolute Gasteiger partial charge is 0.493 e. The van der Waals surface area contributed by atoms with E-state index >= 15 is 0 Å². The smallest absolute Gasteiger partial charge is 0.279 e. The molecule has 0 radical (unpaired) electrons. The Hall–Kier alpha value is -1.86. The predicted molar refractivity (Wildman–Crippen MR) is 70.1 cm³/mol. The van der Waals surface area contributed by atoms with E-state index in [9.17, 15) is 15.2 Å². The molecule has 2 atom stereocenters. The van der Waals surface area contributed by atoms with Gasteiger partial charge >= 0.3 is 0 Å². The van der Waals surface area contributed by atoms with Gasteiger partial charge in [0.15, 0.2) is 11.5 Å². The summed E-state index contributed by atoms with van der Waals surface area (Å²) in [4.78, 5) is 10.7. The van der Waals surface area contributed by atoms with Crippen LogP contribution >= 0.6 is 0 Å². The molecule has 1 aliphatic rings. The van der Waals surface area contributed by atoms with E-state index in [1.807, 2.05) is 0 Å². The Morgan fingerprint density at radius 3 is 2.55 bits per heavy atom. The molecule has 0 spiro atoms. The van der Waals surface area contributed by atoms with Crippen molar-refractivity contribution in [3.63, 3.8) is 0 Å². The van der Waals surface area contributed by atoms with Crippen LogP contribution in [0.15, 0.2) is 12.1 Å². The second-order valence-corrected chi connectivity index (χ2v) is 4.56. The average molecular weight is 283 g/mol. The van der Waals surface area contributed by atoms with Crippen LogP contribution < -0.4 is 9.47 Å². The van der Waals surface area contributed by atoms with Crippen LogP contribution in [0.25, 0.3) is 0 Å². The van der Waals surface area contributed by atoms with Gasteiger partial charge in [-0.2, -0.15) is 0 Å². The standard InChI is InChI=1S/C13H17NO6/c1-18-12-6-9(11-5-8(15)3-4-20-11)10(14(16)17)7-13(12)19-2/h6-8,11,15H,3-5H2,1-2H3. The Balaban J connectivity index is 2.46. The maximum Gasteiger partial charge on any atom is 0.279 e. The lowest BCUT2D eigenvalue weighted by Crippen LogP contribution is -2.24. The number of aliphatic hydroxyl groups excluding tert-OH is 1. The van der Waals surface area contributed by atoms with Crippen LogP contribution in [-0.4, -0.2) is 37.0 Å². The summed E-state index contributed by atoms with van der Waals surface area (Å²) in [6.07, 6.45) is -0.158. The van der Waals surface area contributed by atoms with Gasteiger partial charge in [-0.25, -0.2) is 0 Å². The summed E-state index contributed by atoms with van der Waals surface area (Å²) in [5.74, 6) is 0.691. The van der Waals surface area contributed by atoms with Crippen molar-refractivity contribution < 1.29 is 24.2 Å². The number of nitrogens with zero attached hydrogens (tertiary/aromatic N) is 1. The molecule has 1 aromatic rings. The van der Waals surface area contributed by atoms with E-state index < -0.39 is 17.1 Å². The predicted octanol–water partition coefficient (Wildman–Crippen LogP) is 1.82. The molecule has 1 saturated heterocycles. The second kappa shape index (κ2) is 6.06. The highest BCUT2D eigenvalue weighted by molar-refractivity contribution is 5.55. The number of hydrogen-bond acceptors (Lipinski definition) is 6. The van der Waals surface area contributed by atoms with Gasteiger partial charge in [-0.3, -0.25) is 10.1 Å². The Morgan fingerprint density at radius 2 is 2.00 bits per heavy atom. The van der Waals surface area contributed by atoms with Crippen molar-refractivity contribution >= 4 is 5.69 Å². The first-order chi connectivity index (χ1) is 9.56. The number of aliphatic hydroxyl groups is 1. The zero-order chi connectivity index (χ0) is 14.7. The molecule has 2 rings (SSSR count). The van der Waals surface area contributed by atoms with Gasteiger partial charge in [0, 0.05) is 13.0 Å². The molecule has 1 heterocycles. The van der Waals surface area contributed by atoms with E-state index in [0.717, 1.165) is 0 Å². The lowest BCUT2D eigenvalue weighted by molar-refractivity contribution is -0.386. The molecule has 0 aliphatic carbocycles. The maximum atomic E-state index is 11.2. The fourth-order valence-electron chi connectivity index (χ4n) is 2.30. The van der Waals surface area contributed by atoms with Crippen molar-refractivity contribution in [3.05, 3.63) is 27.8 Å². The molecule has 110 valence electrons. The fourth-order valence-corrected chi connectivity index (χ4v) is 2.30. The van der Waals surface area contributed by atoms with Crippen LogP contribution in [0.5, 0.6) is 11.5 Å². The molecule has 1 aliphatic heterocycles. The number of nitro benzene ring substituents is 1. The molecule has 1 N–H and O–H groups in total. The molecular weight excluding hydrogens is 266 g/mol. The van der Waals surface area contributed by atoms with Crippen LogP contribution in [0.2, 0.25) is 0 Å². The first kappa shape index (κ1) is 14.5. The molecule has 2 unspecified atom stereocenters. The number of ether oxygens (including phenoxy) is 3. The maximum absolute atomic E-state index is 11.2. The zero-order valence-electron chi connectivity index (χ0n) is 11.4. The minimum Gasteiger partial charge on any atom is -0.493 e. The number of nitro groups is 1. The zero-order valence-corrected chi connectivity index (χ0v) is 11.4. The van der Waals surface area contributed by atoms with Gasteiger partial charge in [0.1, 0.15) is 0 Å². The monoisotopic (exact) mass is 283 g/mol. The summed E-state index contributed by atoms with van der Waals surface area (Å²) in [6.45, 7) is 0.372. The van der Waals surface area contributed by atoms with Gasteiger partial charge in [-0.05, 0) is 12.5 Å². The van der Waals surface area contributed by atoms with Crippen molar-refractivity contribution in [2.45, 2.75) is 25.0 Å². The van der Waals surface area contributed by atoms with E-state index in [1.54, 1.807) is 6.07 Å². The van der Waals surface area contributed by atoms with Crippen molar-refractivity contribution in [2.24, 2.45) is 0 Å². The van der Waals surface area contributed by atoms with E-state index in [0.29, 0.717) is 36.5 Å². The van der Waals surface area contributed by atoms with E-state index in [-0.39, 0.29) is 5.69 Å². The Labute approximate surface area is 116 Å². The minimum atomic E-state index is -0.515. The molecule has 0 bridgehead atoms. The van der Waals surface area contributed by atoms with Gasteiger partial charge in [-0.15, -0.1) is 0 Å². The summed E-state index contributed by atoms with van der Waals surface area (Å²) < 4.78 is 15.8. The van der Waals surface area contributed by atoms with Crippen molar-refractivity contribution in [3.8, 4) is 11.5 Å². The van der Waals surface area contributed by atoms with Gasteiger partial charge in [-0.1, -0.05) is 0 Å². The summed E-state index contributed by atoms with van der Waals surface area (Å²) in [6, 6.07) is 2.86. The second-order valence-electron chi connectivity index (χ2n) is 4.56. The third kappa shape index (κ3) is 2.83. The molecule has 0 aromatic heterocycles. The highest BCUT2D eigenvalue weighted by atomic mass is 16.6. The van der Waals surface area contributed by atoms with Gasteiger partial charge in [0.25, 0.3) is 5.69 Å². The lowest BCUT2D eigenvalue weighted by Gasteiger charge is -2.27. The van der Waals surface area contributed by atoms with Crippen molar-refractivity contribution in [2.75, 3.05) is 20.8 Å². The third-order valence-electron chi connectivity index (χ3n) is 3.33. The highest BCUT2D eigenvalue weighted by Crippen LogP contribution is 2.40. The molecular formula is C13H17NO6. The number of methoxy groups -OCH3 is 2. The highest BCUT2D eigenvalue weighted by Gasteiger charge is 2.30. The normalized spacial score (nSPS) is 22.4. The van der Waals surface area contributed by atoms with Gasteiger partial charge in [0.05, 0.1) is 43.0 Å². The minimum absolute atomic E-state index is 0.0956. The molecule has 7 heteroatoms. The van der Waals surface area contributed by atoms with Crippen LogP contribution in [-0.2, 0) is 4.74 Å². The van der Waals surface area contributed by atoms with Crippen molar-refractivity contribution in [1.29, 1.82) is 0 Å². The molecule has 1 aromatic carbocycles. The van der Waals surface area contributed by atoms with Crippen LogP contribution in [0.4, 0.5) is 5.69 Å². The first-order valence-corrected chi connectivity index (χ1v) is 6.26. The third-order valence-corrected chi connectivity index (χ3v) is 3.33. The van der Waals surface area contributed by atoms with Crippen LogP contribution in [0.1, 0.15) is 24.5 Å². The molecule has 20 heavy (non-hydrogen) atoms. The van der Waals surface area contributed by atoms with Gasteiger partial charge < -0.3 is 19.3 Å². The quantitative estimate of drug-likeness (QED) is 0.669. The number of rotatable bonds is 4. The topological polar surface area (TPSA) is 91.1 Å². The van der Waals surface area contributed by atoms with E-state index in [2.05, 4.69) is 0 Å². The van der Waals surface area contributed by atoms with Crippen molar-refractivity contribution in [1.82, 2.24) is 0 Å². The van der Waals surface area contributed by atoms with Crippen LogP contribution in [0.3, 0.4) is 0 Å². The average Bonchev–Trinajstić information content (AvgIpc) is 2.45. The summed E-state index contributed by atoms with van der Waals surface area (Å²) in [7, 11) is 2.88. The number of hydrogen-bond donors (Lipinski definition) is 1. The molecule has 0 saturated carbocycles. The van der Waals surface area contributed by atoms with E-state index in [4.69, 9.17) is 14.2 Å². The summed E-state index contributed by atoms with van der Waals surface area (Å²) >= 11 is 0. The molecule has 1 fully saturated rings. The lowest BCUT2D eigenvalue weighted by atomic mass is 9.97. The Kier molecular flexibility index (Phi) is 4.41. The summed E-state index contributed by atoms with van der Waals surface area (Å²) in [5.41, 5.74) is 0.299.